The molecular formula is C15H13Cl2N3O3. The molecule has 0 aromatic heterocycles. The second-order valence-electron chi connectivity index (χ2n) is 4.70. The van der Waals surface area contributed by atoms with Crippen molar-refractivity contribution in [1.29, 1.82) is 5.26 Å². The lowest BCUT2D eigenvalue weighted by Gasteiger charge is -2.34. The Hall–Kier alpha value is -2.23. The quantitative estimate of drug-likeness (QED) is 0.870. The number of nitrogens with one attached hydrogen (secondary N) is 1. The molecule has 0 fully saturated rings. The van der Waals surface area contributed by atoms with Crippen LogP contribution < -0.4 is 5.32 Å². The summed E-state index contributed by atoms with van der Waals surface area (Å²) < 4.78 is 4.92. The Labute approximate surface area is 143 Å². The Kier molecular flexibility index (Phi) is 5.14. The van der Waals surface area contributed by atoms with E-state index in [9.17, 15) is 14.9 Å². The molecule has 0 saturated heterocycles. The second kappa shape index (κ2) is 6.90. The van der Waals surface area contributed by atoms with Crippen LogP contribution >= 0.6 is 23.2 Å². The summed E-state index contributed by atoms with van der Waals surface area (Å²) >= 11 is 12.2. The number of rotatable bonds is 2. The van der Waals surface area contributed by atoms with Gasteiger partial charge in [0.15, 0.2) is 0 Å². The number of nitriles is 1. The van der Waals surface area contributed by atoms with Crippen molar-refractivity contribution in [1.82, 2.24) is 10.2 Å². The summed E-state index contributed by atoms with van der Waals surface area (Å²) in [6.07, 6.45) is -0.869. The average molecular weight is 354 g/mol. The molecule has 0 aliphatic carbocycles. The molecule has 1 aromatic carbocycles. The fourth-order valence-electron chi connectivity index (χ4n) is 2.29. The molecule has 2 rings (SSSR count). The van der Waals surface area contributed by atoms with Gasteiger partial charge in [-0.1, -0.05) is 35.3 Å². The van der Waals surface area contributed by atoms with Gasteiger partial charge in [0.25, 0.3) is 0 Å². The first kappa shape index (κ1) is 17.1. The molecule has 1 aliphatic rings. The van der Waals surface area contributed by atoms with Gasteiger partial charge in [0, 0.05) is 11.3 Å². The molecule has 1 atom stereocenters. The maximum atomic E-state index is 12.3. The van der Waals surface area contributed by atoms with Crippen LogP contribution in [0.3, 0.4) is 0 Å². The predicted octanol–water partition coefficient (Wildman–Crippen LogP) is 4.01. The summed E-state index contributed by atoms with van der Waals surface area (Å²) in [5.74, 6) is 0. The SMILES string of the molecule is CCOC(=O)N1C(=O)NC(C)=C(C#N)C1c1cccc(Cl)c1Cl. The largest absolute Gasteiger partial charge is 0.449 e. The molecule has 1 N–H and O–H groups in total. The molecule has 1 aromatic rings. The Morgan fingerprint density at radius 1 is 1.48 bits per heavy atom. The monoisotopic (exact) mass is 353 g/mol. The predicted molar refractivity (Wildman–Crippen MR) is 84.9 cm³/mol. The zero-order chi connectivity index (χ0) is 17.1. The van der Waals surface area contributed by atoms with Gasteiger partial charge in [-0.25, -0.2) is 14.5 Å². The van der Waals surface area contributed by atoms with E-state index < -0.39 is 18.2 Å². The normalized spacial score (nSPS) is 17.6. The Bertz CT molecular complexity index is 740. The second-order valence-corrected chi connectivity index (χ2v) is 5.48. The van der Waals surface area contributed by atoms with Crippen molar-refractivity contribution in [3.63, 3.8) is 0 Å². The lowest BCUT2D eigenvalue weighted by molar-refractivity contribution is 0.104. The van der Waals surface area contributed by atoms with Crippen LogP contribution in [-0.2, 0) is 4.74 Å². The van der Waals surface area contributed by atoms with Crippen molar-refractivity contribution >= 4 is 35.3 Å². The van der Waals surface area contributed by atoms with Gasteiger partial charge in [0.1, 0.15) is 6.04 Å². The minimum Gasteiger partial charge on any atom is -0.449 e. The van der Waals surface area contributed by atoms with Crippen LogP contribution in [0.4, 0.5) is 9.59 Å². The number of nitrogens with zero attached hydrogens (tertiary/aromatic N) is 2. The summed E-state index contributed by atoms with van der Waals surface area (Å²) in [6, 6.07) is 5.13. The van der Waals surface area contributed by atoms with Gasteiger partial charge in [-0.15, -0.1) is 0 Å². The first-order valence-corrected chi connectivity index (χ1v) is 7.49. The third-order valence-corrected chi connectivity index (χ3v) is 4.14. The van der Waals surface area contributed by atoms with Crippen molar-refractivity contribution in [2.45, 2.75) is 19.9 Å². The maximum Gasteiger partial charge on any atom is 0.418 e. The number of urea groups is 1. The first-order chi connectivity index (χ1) is 10.9. The molecular weight excluding hydrogens is 341 g/mol. The highest BCUT2D eigenvalue weighted by Gasteiger charge is 2.40. The van der Waals surface area contributed by atoms with Crippen molar-refractivity contribution in [2.24, 2.45) is 0 Å². The van der Waals surface area contributed by atoms with E-state index in [2.05, 4.69) is 5.32 Å². The van der Waals surface area contributed by atoms with E-state index in [0.29, 0.717) is 11.3 Å². The number of hydrogen-bond donors (Lipinski definition) is 1. The molecule has 1 aliphatic heterocycles. The number of carbonyl (C=O) groups excluding carboxylic acids is 2. The van der Waals surface area contributed by atoms with E-state index in [0.717, 1.165) is 4.90 Å². The molecule has 8 heteroatoms. The van der Waals surface area contributed by atoms with E-state index in [4.69, 9.17) is 27.9 Å². The number of amides is 3. The zero-order valence-corrected chi connectivity index (χ0v) is 13.9. The minimum absolute atomic E-state index is 0.0865. The number of halogens is 2. The fraction of sp³-hybridized carbons (Fsp3) is 0.267. The highest BCUT2D eigenvalue weighted by Crippen LogP contribution is 2.39. The van der Waals surface area contributed by atoms with Crippen LogP contribution in [-0.4, -0.2) is 23.6 Å². The lowest BCUT2D eigenvalue weighted by Crippen LogP contribution is -2.50. The van der Waals surface area contributed by atoms with E-state index in [-0.39, 0.29) is 22.2 Å². The molecule has 0 saturated carbocycles. The van der Waals surface area contributed by atoms with Gasteiger partial charge in [0.05, 0.1) is 28.3 Å². The highest BCUT2D eigenvalue weighted by atomic mass is 35.5. The van der Waals surface area contributed by atoms with Gasteiger partial charge in [0.2, 0.25) is 0 Å². The van der Waals surface area contributed by atoms with Crippen molar-refractivity contribution in [3.8, 4) is 6.07 Å². The topological polar surface area (TPSA) is 82.4 Å². The van der Waals surface area contributed by atoms with Crippen LogP contribution in [0.1, 0.15) is 25.5 Å². The van der Waals surface area contributed by atoms with Gasteiger partial charge in [-0.3, -0.25) is 0 Å². The molecule has 120 valence electrons. The van der Waals surface area contributed by atoms with Gasteiger partial charge in [-0.2, -0.15) is 5.26 Å². The third kappa shape index (κ3) is 3.11. The van der Waals surface area contributed by atoms with Crippen LogP contribution in [0.25, 0.3) is 0 Å². The molecule has 23 heavy (non-hydrogen) atoms. The summed E-state index contributed by atoms with van der Waals surface area (Å²) in [4.78, 5) is 25.3. The van der Waals surface area contributed by atoms with Gasteiger partial charge in [-0.05, 0) is 19.9 Å². The number of benzene rings is 1. The third-order valence-electron chi connectivity index (χ3n) is 3.31. The number of allylic oxidation sites excluding steroid dienone is 1. The standard InChI is InChI=1S/C15H13Cl2N3O3/c1-3-23-15(22)20-13(9-5-4-6-11(16)12(9)17)10(7-18)8(2)19-14(20)21/h4-6,13H,3H2,1-2H3,(H,19,21). The fourth-order valence-corrected chi connectivity index (χ4v) is 2.70. The molecule has 0 bridgehead atoms. The number of ether oxygens (including phenoxy) is 1. The number of hydrogen-bond acceptors (Lipinski definition) is 4. The summed E-state index contributed by atoms with van der Waals surface area (Å²) in [6.45, 7) is 3.28. The van der Waals surface area contributed by atoms with E-state index in [1.54, 1.807) is 32.0 Å². The molecule has 3 amide bonds. The lowest BCUT2D eigenvalue weighted by atomic mass is 9.95. The van der Waals surface area contributed by atoms with Crippen LogP contribution in [0.5, 0.6) is 0 Å². The summed E-state index contributed by atoms with van der Waals surface area (Å²) in [5.41, 5.74) is 0.902. The molecule has 0 spiro atoms. The van der Waals surface area contributed by atoms with Crippen LogP contribution in [0, 0.1) is 11.3 Å². The number of carbonyl (C=O) groups is 2. The van der Waals surface area contributed by atoms with Gasteiger partial charge < -0.3 is 10.1 Å². The Morgan fingerprint density at radius 3 is 2.78 bits per heavy atom. The summed E-state index contributed by atoms with van der Waals surface area (Å²) in [5, 5.41) is 12.4. The van der Waals surface area contributed by atoms with E-state index in [1.165, 1.54) is 0 Å². The summed E-state index contributed by atoms with van der Waals surface area (Å²) in [7, 11) is 0. The number of imide groups is 1. The highest BCUT2D eigenvalue weighted by molar-refractivity contribution is 6.42. The van der Waals surface area contributed by atoms with Crippen molar-refractivity contribution in [2.75, 3.05) is 6.61 Å². The first-order valence-electron chi connectivity index (χ1n) is 6.74. The maximum absolute atomic E-state index is 12.3. The minimum atomic E-state index is -1.00. The average Bonchev–Trinajstić information content (AvgIpc) is 2.49. The zero-order valence-electron chi connectivity index (χ0n) is 12.4. The van der Waals surface area contributed by atoms with Crippen molar-refractivity contribution in [3.05, 3.63) is 45.1 Å². The van der Waals surface area contributed by atoms with Gasteiger partial charge >= 0.3 is 12.1 Å². The molecule has 6 nitrogen and oxygen atoms in total. The molecule has 0 radical (unpaired) electrons. The molecule has 1 heterocycles. The van der Waals surface area contributed by atoms with E-state index >= 15 is 0 Å². The smallest absolute Gasteiger partial charge is 0.418 e. The Morgan fingerprint density at radius 2 is 2.17 bits per heavy atom. The van der Waals surface area contributed by atoms with E-state index in [1.807, 2.05) is 6.07 Å². The Balaban J connectivity index is 2.66. The molecule has 1 unspecified atom stereocenters. The van der Waals surface area contributed by atoms with Crippen LogP contribution in [0.2, 0.25) is 10.0 Å². The van der Waals surface area contributed by atoms with Crippen molar-refractivity contribution < 1.29 is 14.3 Å². The van der Waals surface area contributed by atoms with Crippen LogP contribution in [0.15, 0.2) is 29.5 Å².